The van der Waals surface area contributed by atoms with Crippen molar-refractivity contribution in [1.82, 2.24) is 0 Å². The summed E-state index contributed by atoms with van der Waals surface area (Å²) < 4.78 is 16.8. The largest absolute Gasteiger partial charge is 0.462 e. The maximum atomic E-state index is 12.7. The van der Waals surface area contributed by atoms with Gasteiger partial charge in [-0.3, -0.25) is 14.4 Å². The molecule has 0 spiro atoms. The molecule has 0 fully saturated rings. The number of esters is 3. The van der Waals surface area contributed by atoms with Crippen LogP contribution in [0.15, 0.2) is 12.2 Å². The number of ether oxygens (including phenoxy) is 3. The summed E-state index contributed by atoms with van der Waals surface area (Å²) in [6, 6.07) is 0. The summed E-state index contributed by atoms with van der Waals surface area (Å²) in [5, 5.41) is 0. The highest BCUT2D eigenvalue weighted by Crippen LogP contribution is 2.18. The maximum absolute atomic E-state index is 12.7. The van der Waals surface area contributed by atoms with Gasteiger partial charge in [0.05, 0.1) is 0 Å². The maximum Gasteiger partial charge on any atom is 0.306 e. The molecule has 0 bridgehead atoms. The first kappa shape index (κ1) is 65.1. The Morgan fingerprint density at radius 1 is 0.284 bits per heavy atom. The number of carbonyl (C=O) groups is 3. The van der Waals surface area contributed by atoms with E-state index in [2.05, 4.69) is 32.9 Å². The Labute approximate surface area is 418 Å². The first-order valence-electron chi connectivity index (χ1n) is 30.2. The number of hydrogen-bond donors (Lipinski definition) is 0. The van der Waals surface area contributed by atoms with E-state index < -0.39 is 6.10 Å². The Morgan fingerprint density at radius 3 is 0.776 bits per heavy atom. The van der Waals surface area contributed by atoms with Crippen LogP contribution in [0.4, 0.5) is 0 Å². The van der Waals surface area contributed by atoms with Gasteiger partial charge in [0.1, 0.15) is 13.2 Å². The molecule has 6 nitrogen and oxygen atoms in total. The number of rotatable bonds is 56. The molecule has 0 N–H and O–H groups in total. The summed E-state index contributed by atoms with van der Waals surface area (Å²) in [5.41, 5.74) is 0. The van der Waals surface area contributed by atoms with Crippen molar-refractivity contribution < 1.29 is 28.6 Å². The molecule has 0 aliphatic rings. The number of allylic oxidation sites excluding steroid dienone is 2. The van der Waals surface area contributed by atoms with Crippen LogP contribution in [-0.2, 0) is 28.6 Å². The lowest BCUT2D eigenvalue weighted by Gasteiger charge is -2.18. The van der Waals surface area contributed by atoms with Crippen molar-refractivity contribution in [3.63, 3.8) is 0 Å². The van der Waals surface area contributed by atoms with Gasteiger partial charge in [0.2, 0.25) is 0 Å². The van der Waals surface area contributed by atoms with Crippen LogP contribution in [0.5, 0.6) is 0 Å². The van der Waals surface area contributed by atoms with Crippen LogP contribution in [0.3, 0.4) is 0 Å². The average molecular weight is 946 g/mol. The van der Waals surface area contributed by atoms with Gasteiger partial charge in [0, 0.05) is 19.3 Å². The normalized spacial score (nSPS) is 12.0. The van der Waals surface area contributed by atoms with Gasteiger partial charge in [0.15, 0.2) is 6.10 Å². The van der Waals surface area contributed by atoms with E-state index in [1.165, 1.54) is 238 Å². The highest BCUT2D eigenvalue weighted by molar-refractivity contribution is 5.71. The molecule has 0 aliphatic carbocycles. The molecule has 0 aromatic heterocycles. The molecule has 67 heavy (non-hydrogen) atoms. The molecule has 0 aromatic carbocycles. The zero-order valence-electron chi connectivity index (χ0n) is 45.5. The van der Waals surface area contributed by atoms with Crippen molar-refractivity contribution in [2.75, 3.05) is 13.2 Å². The van der Waals surface area contributed by atoms with Gasteiger partial charge in [-0.2, -0.15) is 0 Å². The Kier molecular flexibility index (Phi) is 55.2. The molecule has 0 heterocycles. The van der Waals surface area contributed by atoms with E-state index in [1.807, 2.05) is 0 Å². The molecule has 0 amide bonds. The Balaban J connectivity index is 3.93. The molecule has 0 saturated heterocycles. The summed E-state index contributed by atoms with van der Waals surface area (Å²) in [7, 11) is 0. The van der Waals surface area contributed by atoms with Gasteiger partial charge < -0.3 is 14.2 Å². The van der Waals surface area contributed by atoms with Crippen LogP contribution >= 0.6 is 0 Å². The van der Waals surface area contributed by atoms with Gasteiger partial charge in [0.25, 0.3) is 0 Å². The number of hydrogen-bond acceptors (Lipinski definition) is 6. The van der Waals surface area contributed by atoms with Crippen molar-refractivity contribution in [1.29, 1.82) is 0 Å². The molecule has 0 rings (SSSR count). The van der Waals surface area contributed by atoms with Crippen LogP contribution in [0.2, 0.25) is 0 Å². The lowest BCUT2D eigenvalue weighted by molar-refractivity contribution is -0.167. The standard InChI is InChI=1S/C61H116O6/c1-4-7-10-13-16-18-20-22-23-24-25-26-27-28-29-30-31-32-33-34-35-36-37-38-39-41-42-45-48-51-54-60(63)66-57-58(56-65-59(62)53-50-47-44-15-12-9-6-3)67-61(64)55-52-49-46-43-40-21-19-17-14-11-8-5-2/h17,19,58H,4-16,18,20-57H2,1-3H3/b19-17-. The first-order chi connectivity index (χ1) is 33.0. The molecule has 396 valence electrons. The van der Waals surface area contributed by atoms with E-state index in [-0.39, 0.29) is 31.1 Å². The van der Waals surface area contributed by atoms with Crippen molar-refractivity contribution in [3.8, 4) is 0 Å². The second-order valence-electron chi connectivity index (χ2n) is 20.6. The van der Waals surface area contributed by atoms with E-state index in [0.29, 0.717) is 19.3 Å². The Bertz CT molecular complexity index is 1040. The summed E-state index contributed by atoms with van der Waals surface area (Å²) in [6.45, 7) is 6.61. The topological polar surface area (TPSA) is 78.9 Å². The molecule has 0 saturated carbocycles. The second kappa shape index (κ2) is 56.7. The second-order valence-corrected chi connectivity index (χ2v) is 20.6. The summed E-state index contributed by atoms with van der Waals surface area (Å²) in [5.74, 6) is -0.866. The third-order valence-corrected chi connectivity index (χ3v) is 13.8. The van der Waals surface area contributed by atoms with Gasteiger partial charge in [-0.05, 0) is 44.9 Å². The van der Waals surface area contributed by atoms with Gasteiger partial charge in [-0.15, -0.1) is 0 Å². The fraction of sp³-hybridized carbons (Fsp3) is 0.918. The number of unbranched alkanes of at least 4 members (excludes halogenated alkanes) is 43. The van der Waals surface area contributed by atoms with Gasteiger partial charge in [-0.1, -0.05) is 290 Å². The predicted molar refractivity (Wildman–Crippen MR) is 289 cm³/mol. The molecule has 0 radical (unpaired) electrons. The Morgan fingerprint density at radius 2 is 0.493 bits per heavy atom. The third-order valence-electron chi connectivity index (χ3n) is 13.8. The lowest BCUT2D eigenvalue weighted by Crippen LogP contribution is -2.30. The molecule has 6 heteroatoms. The molecule has 0 aromatic rings. The first-order valence-corrected chi connectivity index (χ1v) is 30.2. The van der Waals surface area contributed by atoms with Crippen molar-refractivity contribution in [2.45, 2.75) is 348 Å². The fourth-order valence-corrected chi connectivity index (χ4v) is 9.21. The predicted octanol–water partition coefficient (Wildman–Crippen LogP) is 20.1. The zero-order valence-corrected chi connectivity index (χ0v) is 45.5. The highest BCUT2D eigenvalue weighted by atomic mass is 16.6. The SMILES string of the molecule is CCCCC/C=C\CCCCCCCC(=O)OC(COC(=O)CCCCCCCCC)COC(=O)CCCCCCCCCCCCCCCCCCCCCCCCCCCCCCCC. The van der Waals surface area contributed by atoms with Crippen molar-refractivity contribution in [3.05, 3.63) is 12.2 Å². The summed E-state index contributed by atoms with van der Waals surface area (Å²) in [4.78, 5) is 37.8. The lowest BCUT2D eigenvalue weighted by atomic mass is 10.0. The van der Waals surface area contributed by atoms with Gasteiger partial charge >= 0.3 is 17.9 Å². The van der Waals surface area contributed by atoms with E-state index in [9.17, 15) is 14.4 Å². The monoisotopic (exact) mass is 945 g/mol. The summed E-state index contributed by atoms with van der Waals surface area (Å²) >= 11 is 0. The van der Waals surface area contributed by atoms with E-state index >= 15 is 0 Å². The molecule has 1 unspecified atom stereocenters. The van der Waals surface area contributed by atoms with E-state index in [4.69, 9.17) is 14.2 Å². The van der Waals surface area contributed by atoms with E-state index in [1.54, 1.807) is 0 Å². The van der Waals surface area contributed by atoms with Gasteiger partial charge in [-0.25, -0.2) is 0 Å². The molecule has 0 aliphatic heterocycles. The van der Waals surface area contributed by atoms with Crippen LogP contribution < -0.4 is 0 Å². The fourth-order valence-electron chi connectivity index (χ4n) is 9.21. The minimum Gasteiger partial charge on any atom is -0.462 e. The van der Waals surface area contributed by atoms with Crippen LogP contribution in [-0.4, -0.2) is 37.2 Å². The summed E-state index contributed by atoms with van der Waals surface area (Å²) in [6.07, 6.45) is 65.5. The molecular weight excluding hydrogens is 829 g/mol. The molecular formula is C61H116O6. The quantitative estimate of drug-likeness (QED) is 0.0262. The smallest absolute Gasteiger partial charge is 0.306 e. The van der Waals surface area contributed by atoms with Crippen LogP contribution in [0.25, 0.3) is 0 Å². The average Bonchev–Trinajstić information content (AvgIpc) is 3.33. The van der Waals surface area contributed by atoms with Crippen molar-refractivity contribution >= 4 is 17.9 Å². The third kappa shape index (κ3) is 55.0. The Hall–Kier alpha value is -1.85. The van der Waals surface area contributed by atoms with Crippen LogP contribution in [0.1, 0.15) is 342 Å². The zero-order chi connectivity index (χ0) is 48.6. The molecule has 1 atom stereocenters. The highest BCUT2D eigenvalue weighted by Gasteiger charge is 2.19. The number of carbonyl (C=O) groups excluding carboxylic acids is 3. The van der Waals surface area contributed by atoms with Crippen molar-refractivity contribution in [2.24, 2.45) is 0 Å². The van der Waals surface area contributed by atoms with Crippen LogP contribution in [0, 0.1) is 0 Å². The van der Waals surface area contributed by atoms with E-state index in [0.717, 1.165) is 64.2 Å². The minimum absolute atomic E-state index is 0.0686. The minimum atomic E-state index is -0.767.